The molecule has 0 atom stereocenters. The number of hydrogen-bond acceptors (Lipinski definition) is 5. The molecule has 124 valence electrons. The maximum absolute atomic E-state index is 12.5. The number of aromatic nitrogens is 3. The molecule has 1 aliphatic rings. The van der Waals surface area contributed by atoms with Crippen LogP contribution in [0.25, 0.3) is 0 Å². The van der Waals surface area contributed by atoms with Gasteiger partial charge in [-0.05, 0) is 19.4 Å². The van der Waals surface area contributed by atoms with Crippen molar-refractivity contribution in [2.24, 2.45) is 0 Å². The average molecular weight is 317 g/mol. The second-order valence-corrected chi connectivity index (χ2v) is 6.03. The van der Waals surface area contributed by atoms with Gasteiger partial charge < -0.3 is 9.42 Å². The Balaban J connectivity index is 1.52. The number of amides is 1. The van der Waals surface area contributed by atoms with Crippen molar-refractivity contribution in [1.29, 1.82) is 0 Å². The van der Waals surface area contributed by atoms with E-state index in [1.807, 2.05) is 24.0 Å². The lowest BCUT2D eigenvalue weighted by Gasteiger charge is -2.33. The van der Waals surface area contributed by atoms with Crippen molar-refractivity contribution in [2.45, 2.75) is 33.2 Å². The first kappa shape index (κ1) is 15.7. The molecule has 0 saturated carbocycles. The minimum absolute atomic E-state index is 0.0144. The van der Waals surface area contributed by atoms with Crippen molar-refractivity contribution in [3.63, 3.8) is 0 Å². The van der Waals surface area contributed by atoms with Crippen molar-refractivity contribution in [1.82, 2.24) is 25.2 Å². The number of nitrogens with zero attached hydrogens (tertiary/aromatic N) is 4. The molecule has 1 aliphatic heterocycles. The Morgan fingerprint density at radius 3 is 2.74 bits per heavy atom. The van der Waals surface area contributed by atoms with E-state index in [0.29, 0.717) is 18.8 Å². The second kappa shape index (κ2) is 6.95. The number of carbonyl (C=O) groups excluding carboxylic acids is 1. The minimum atomic E-state index is 0.0144. The van der Waals surface area contributed by atoms with E-state index in [9.17, 15) is 4.79 Å². The van der Waals surface area contributed by atoms with Crippen LogP contribution in [-0.2, 0) is 13.0 Å². The van der Waals surface area contributed by atoms with E-state index < -0.39 is 0 Å². The molecule has 0 bridgehead atoms. The van der Waals surface area contributed by atoms with Crippen LogP contribution in [0.5, 0.6) is 0 Å². The summed E-state index contributed by atoms with van der Waals surface area (Å²) in [4.78, 5) is 16.6. The third kappa shape index (κ3) is 3.79. The molecule has 0 unspecified atom stereocenters. The van der Waals surface area contributed by atoms with Crippen LogP contribution in [0, 0.1) is 6.92 Å². The summed E-state index contributed by atoms with van der Waals surface area (Å²) in [7, 11) is 0. The van der Waals surface area contributed by atoms with Crippen LogP contribution in [-0.4, -0.2) is 57.2 Å². The van der Waals surface area contributed by atoms with Gasteiger partial charge in [-0.1, -0.05) is 18.5 Å². The SMILES string of the molecule is CCCc1cc(C(=O)N2CCN(Cc3cc(C)on3)CC2)n[nH]1. The minimum Gasteiger partial charge on any atom is -0.361 e. The van der Waals surface area contributed by atoms with Crippen molar-refractivity contribution >= 4 is 5.91 Å². The molecule has 0 aliphatic carbocycles. The van der Waals surface area contributed by atoms with Crippen LogP contribution in [0.3, 0.4) is 0 Å². The molecule has 0 spiro atoms. The van der Waals surface area contributed by atoms with Crippen molar-refractivity contribution in [3.05, 3.63) is 35.0 Å². The van der Waals surface area contributed by atoms with E-state index in [2.05, 4.69) is 27.2 Å². The summed E-state index contributed by atoms with van der Waals surface area (Å²) in [5, 5.41) is 11.1. The lowest BCUT2D eigenvalue weighted by molar-refractivity contribution is 0.0620. The third-order valence-electron chi connectivity index (χ3n) is 4.09. The fourth-order valence-corrected chi connectivity index (χ4v) is 2.86. The third-order valence-corrected chi connectivity index (χ3v) is 4.09. The van der Waals surface area contributed by atoms with Gasteiger partial charge in [-0.3, -0.25) is 14.8 Å². The Kier molecular flexibility index (Phi) is 4.76. The molecule has 7 heteroatoms. The molecular formula is C16H23N5O2. The lowest BCUT2D eigenvalue weighted by atomic mass is 10.2. The normalized spacial score (nSPS) is 16.0. The van der Waals surface area contributed by atoms with Crippen LogP contribution in [0.2, 0.25) is 0 Å². The highest BCUT2D eigenvalue weighted by Gasteiger charge is 2.24. The Morgan fingerprint density at radius 2 is 2.09 bits per heavy atom. The number of H-pyrrole nitrogens is 1. The van der Waals surface area contributed by atoms with E-state index in [-0.39, 0.29) is 5.91 Å². The van der Waals surface area contributed by atoms with E-state index in [4.69, 9.17) is 4.52 Å². The summed E-state index contributed by atoms with van der Waals surface area (Å²) in [6.45, 7) is 7.87. The summed E-state index contributed by atoms with van der Waals surface area (Å²) in [6, 6.07) is 3.83. The Labute approximate surface area is 135 Å². The zero-order chi connectivity index (χ0) is 16.2. The Morgan fingerprint density at radius 1 is 1.30 bits per heavy atom. The van der Waals surface area contributed by atoms with Gasteiger partial charge in [-0.15, -0.1) is 0 Å². The molecule has 0 radical (unpaired) electrons. The van der Waals surface area contributed by atoms with Gasteiger partial charge in [0.05, 0.1) is 5.69 Å². The van der Waals surface area contributed by atoms with Gasteiger partial charge in [0.15, 0.2) is 0 Å². The highest BCUT2D eigenvalue weighted by Crippen LogP contribution is 2.12. The number of aryl methyl sites for hydroxylation is 2. The Bertz CT molecular complexity index is 655. The van der Waals surface area contributed by atoms with E-state index >= 15 is 0 Å². The molecule has 1 fully saturated rings. The second-order valence-electron chi connectivity index (χ2n) is 6.03. The first-order valence-corrected chi connectivity index (χ1v) is 8.14. The van der Waals surface area contributed by atoms with Crippen LogP contribution >= 0.6 is 0 Å². The molecular weight excluding hydrogens is 294 g/mol. The summed E-state index contributed by atoms with van der Waals surface area (Å²) in [5.41, 5.74) is 2.49. The van der Waals surface area contributed by atoms with Crippen molar-refractivity contribution in [3.8, 4) is 0 Å². The van der Waals surface area contributed by atoms with E-state index in [0.717, 1.165) is 49.6 Å². The number of carbonyl (C=O) groups is 1. The molecule has 2 aromatic rings. The van der Waals surface area contributed by atoms with Gasteiger partial charge in [-0.2, -0.15) is 5.10 Å². The molecule has 1 amide bonds. The molecule has 1 saturated heterocycles. The van der Waals surface area contributed by atoms with Gasteiger partial charge >= 0.3 is 0 Å². The predicted octanol–water partition coefficient (Wildman–Crippen LogP) is 1.62. The molecule has 3 heterocycles. The smallest absolute Gasteiger partial charge is 0.274 e. The topological polar surface area (TPSA) is 78.3 Å². The fourth-order valence-electron chi connectivity index (χ4n) is 2.86. The van der Waals surface area contributed by atoms with Gasteiger partial charge in [0.2, 0.25) is 0 Å². The largest absolute Gasteiger partial charge is 0.361 e. The number of rotatable bonds is 5. The monoisotopic (exact) mass is 317 g/mol. The molecule has 2 aromatic heterocycles. The standard InChI is InChI=1S/C16H23N5O2/c1-3-4-13-10-15(18-17-13)16(22)21-7-5-20(6-8-21)11-14-9-12(2)23-19-14/h9-10H,3-8,11H2,1-2H3,(H,17,18). The van der Waals surface area contributed by atoms with Crippen LogP contribution in [0.15, 0.2) is 16.7 Å². The number of piperazine rings is 1. The van der Waals surface area contributed by atoms with Crippen LogP contribution < -0.4 is 0 Å². The van der Waals surface area contributed by atoms with Crippen molar-refractivity contribution < 1.29 is 9.32 Å². The summed E-state index contributed by atoms with van der Waals surface area (Å²) in [6.07, 6.45) is 1.96. The average Bonchev–Trinajstić information content (AvgIpc) is 3.17. The predicted molar refractivity (Wildman–Crippen MR) is 85.0 cm³/mol. The summed E-state index contributed by atoms with van der Waals surface area (Å²) >= 11 is 0. The molecule has 0 aromatic carbocycles. The molecule has 7 nitrogen and oxygen atoms in total. The van der Waals surface area contributed by atoms with Gasteiger partial charge in [0, 0.05) is 44.5 Å². The first-order valence-electron chi connectivity index (χ1n) is 8.14. The number of hydrogen-bond donors (Lipinski definition) is 1. The number of nitrogens with one attached hydrogen (secondary N) is 1. The van der Waals surface area contributed by atoms with Crippen LogP contribution in [0.4, 0.5) is 0 Å². The van der Waals surface area contributed by atoms with Crippen LogP contribution in [0.1, 0.15) is 41.0 Å². The maximum atomic E-state index is 12.5. The van der Waals surface area contributed by atoms with E-state index in [1.54, 1.807) is 0 Å². The Hall–Kier alpha value is -2.15. The van der Waals surface area contributed by atoms with Gasteiger partial charge in [0.25, 0.3) is 5.91 Å². The molecule has 23 heavy (non-hydrogen) atoms. The fraction of sp³-hybridized carbons (Fsp3) is 0.562. The van der Waals surface area contributed by atoms with Crippen molar-refractivity contribution in [2.75, 3.05) is 26.2 Å². The lowest BCUT2D eigenvalue weighted by Crippen LogP contribution is -2.48. The first-order chi connectivity index (χ1) is 11.2. The zero-order valence-corrected chi connectivity index (χ0v) is 13.7. The maximum Gasteiger partial charge on any atom is 0.274 e. The quantitative estimate of drug-likeness (QED) is 0.906. The highest BCUT2D eigenvalue weighted by molar-refractivity contribution is 5.92. The number of aromatic amines is 1. The van der Waals surface area contributed by atoms with Gasteiger partial charge in [-0.25, -0.2) is 0 Å². The van der Waals surface area contributed by atoms with Gasteiger partial charge in [0.1, 0.15) is 11.5 Å². The zero-order valence-electron chi connectivity index (χ0n) is 13.7. The molecule has 1 N–H and O–H groups in total. The summed E-state index contributed by atoms with van der Waals surface area (Å²) < 4.78 is 5.09. The summed E-state index contributed by atoms with van der Waals surface area (Å²) in [5.74, 6) is 0.843. The highest BCUT2D eigenvalue weighted by atomic mass is 16.5. The molecule has 3 rings (SSSR count). The van der Waals surface area contributed by atoms with E-state index in [1.165, 1.54) is 0 Å².